The van der Waals surface area contributed by atoms with Gasteiger partial charge >= 0.3 is 0 Å². The number of hydrogen-bond donors (Lipinski definition) is 1. The van der Waals surface area contributed by atoms with Gasteiger partial charge in [0.25, 0.3) is 0 Å². The number of benzene rings is 2. The normalized spacial score (nSPS) is 11.4. The van der Waals surface area contributed by atoms with Gasteiger partial charge in [-0.1, -0.05) is 18.2 Å². The van der Waals surface area contributed by atoms with Crippen LogP contribution in [-0.4, -0.2) is 8.42 Å². The number of rotatable bonds is 2. The molecule has 0 atom stereocenters. The fraction of sp³-hybridized carbons (Fsp3) is 0. The summed E-state index contributed by atoms with van der Waals surface area (Å²) in [5.74, 6) is -0.769. The van der Waals surface area contributed by atoms with E-state index in [4.69, 9.17) is 5.73 Å². The third kappa shape index (κ3) is 2.14. The Bertz CT molecular complexity index is 653. The molecular weight excluding hydrogens is 241 g/mol. The van der Waals surface area contributed by atoms with E-state index in [9.17, 15) is 12.8 Å². The maximum absolute atomic E-state index is 13.5. The molecule has 2 aromatic rings. The second-order valence-electron chi connectivity index (χ2n) is 3.51. The fourth-order valence-corrected chi connectivity index (χ4v) is 2.86. The Kier molecular flexibility index (Phi) is 2.85. The molecule has 0 amide bonds. The third-order valence-electron chi connectivity index (χ3n) is 2.29. The van der Waals surface area contributed by atoms with E-state index >= 15 is 0 Å². The van der Waals surface area contributed by atoms with Crippen molar-refractivity contribution in [3.63, 3.8) is 0 Å². The van der Waals surface area contributed by atoms with Crippen LogP contribution in [-0.2, 0) is 9.84 Å². The van der Waals surface area contributed by atoms with E-state index in [0.29, 0.717) is 5.69 Å². The number of nitrogens with two attached hydrogens (primary N) is 1. The highest BCUT2D eigenvalue weighted by atomic mass is 32.2. The van der Waals surface area contributed by atoms with Crippen LogP contribution in [0.25, 0.3) is 0 Å². The van der Waals surface area contributed by atoms with Crippen LogP contribution in [0.4, 0.5) is 10.1 Å². The Hall–Kier alpha value is -1.88. The molecule has 0 saturated heterocycles. The standard InChI is InChI=1S/C12H10FNO2S/c13-11-6-1-2-7-12(11)17(15,16)10-5-3-4-9(14)8-10/h1-8H,14H2. The van der Waals surface area contributed by atoms with E-state index in [1.807, 2.05) is 0 Å². The largest absolute Gasteiger partial charge is 0.399 e. The monoisotopic (exact) mass is 251 g/mol. The lowest BCUT2D eigenvalue weighted by Gasteiger charge is -2.06. The van der Waals surface area contributed by atoms with Crippen molar-refractivity contribution in [2.24, 2.45) is 0 Å². The molecule has 0 fully saturated rings. The minimum Gasteiger partial charge on any atom is -0.399 e. The first-order valence-corrected chi connectivity index (χ1v) is 6.35. The van der Waals surface area contributed by atoms with E-state index in [-0.39, 0.29) is 9.79 Å². The predicted molar refractivity (Wildman–Crippen MR) is 62.7 cm³/mol. The average molecular weight is 251 g/mol. The zero-order chi connectivity index (χ0) is 12.5. The molecule has 88 valence electrons. The molecule has 0 aromatic heterocycles. The van der Waals surface area contributed by atoms with Crippen molar-refractivity contribution >= 4 is 15.5 Å². The smallest absolute Gasteiger partial charge is 0.209 e. The molecule has 2 aromatic carbocycles. The average Bonchev–Trinajstić information content (AvgIpc) is 2.29. The second kappa shape index (κ2) is 4.18. The molecule has 3 nitrogen and oxygen atoms in total. The topological polar surface area (TPSA) is 60.2 Å². The molecule has 0 spiro atoms. The summed E-state index contributed by atoms with van der Waals surface area (Å²) < 4.78 is 37.7. The summed E-state index contributed by atoms with van der Waals surface area (Å²) in [6.45, 7) is 0. The predicted octanol–water partition coefficient (Wildman–Crippen LogP) is 2.24. The molecule has 2 rings (SSSR count). The van der Waals surface area contributed by atoms with Crippen LogP contribution in [0.5, 0.6) is 0 Å². The molecule has 0 aliphatic carbocycles. The summed E-state index contributed by atoms with van der Waals surface area (Å²) in [4.78, 5) is -0.354. The summed E-state index contributed by atoms with van der Waals surface area (Å²) in [7, 11) is -3.85. The van der Waals surface area contributed by atoms with Gasteiger partial charge in [-0.25, -0.2) is 12.8 Å². The first kappa shape index (κ1) is 11.6. The molecule has 0 aliphatic rings. The molecular formula is C12H10FNO2S. The van der Waals surface area contributed by atoms with Crippen LogP contribution in [0.1, 0.15) is 0 Å². The van der Waals surface area contributed by atoms with Crippen molar-refractivity contribution in [2.75, 3.05) is 5.73 Å². The Morgan fingerprint density at radius 3 is 2.35 bits per heavy atom. The van der Waals surface area contributed by atoms with Gasteiger partial charge in [-0.05, 0) is 30.3 Å². The zero-order valence-corrected chi connectivity index (χ0v) is 9.62. The maximum Gasteiger partial charge on any atom is 0.209 e. The molecule has 0 heterocycles. The van der Waals surface area contributed by atoms with E-state index in [1.165, 1.54) is 36.4 Å². The minimum atomic E-state index is -3.85. The molecule has 0 bridgehead atoms. The molecule has 0 radical (unpaired) electrons. The summed E-state index contributed by atoms with van der Waals surface area (Å²) in [6, 6.07) is 11.0. The van der Waals surface area contributed by atoms with Gasteiger partial charge in [-0.2, -0.15) is 0 Å². The first-order chi connectivity index (χ1) is 8.01. The van der Waals surface area contributed by atoms with Crippen molar-refractivity contribution < 1.29 is 12.8 Å². The van der Waals surface area contributed by atoms with Gasteiger partial charge in [0.2, 0.25) is 9.84 Å². The highest BCUT2D eigenvalue weighted by molar-refractivity contribution is 7.91. The van der Waals surface area contributed by atoms with Crippen LogP contribution in [0, 0.1) is 5.82 Å². The first-order valence-electron chi connectivity index (χ1n) is 4.87. The van der Waals surface area contributed by atoms with Gasteiger partial charge < -0.3 is 5.73 Å². The SMILES string of the molecule is Nc1cccc(S(=O)(=O)c2ccccc2F)c1. The Morgan fingerprint density at radius 1 is 1.00 bits per heavy atom. The second-order valence-corrected chi connectivity index (χ2v) is 5.42. The van der Waals surface area contributed by atoms with Gasteiger partial charge in [0.05, 0.1) is 4.90 Å². The molecule has 17 heavy (non-hydrogen) atoms. The Labute approximate surface area is 98.6 Å². The molecule has 0 saturated carbocycles. The van der Waals surface area contributed by atoms with E-state index in [2.05, 4.69) is 0 Å². The van der Waals surface area contributed by atoms with E-state index in [0.717, 1.165) is 6.07 Å². The quantitative estimate of drug-likeness (QED) is 0.833. The third-order valence-corrected chi connectivity index (χ3v) is 4.08. The lowest BCUT2D eigenvalue weighted by Crippen LogP contribution is -2.04. The Morgan fingerprint density at radius 2 is 1.71 bits per heavy atom. The Balaban J connectivity index is 2.63. The number of sulfone groups is 1. The summed E-state index contributed by atoms with van der Waals surface area (Å²) in [5, 5.41) is 0. The summed E-state index contributed by atoms with van der Waals surface area (Å²) in [6.07, 6.45) is 0. The van der Waals surface area contributed by atoms with Crippen LogP contribution >= 0.6 is 0 Å². The summed E-state index contributed by atoms with van der Waals surface area (Å²) >= 11 is 0. The van der Waals surface area contributed by atoms with E-state index < -0.39 is 15.7 Å². The van der Waals surface area contributed by atoms with Gasteiger partial charge in [0.1, 0.15) is 10.7 Å². The number of anilines is 1. The van der Waals surface area contributed by atoms with Crippen molar-refractivity contribution in [3.05, 3.63) is 54.3 Å². The molecule has 2 N–H and O–H groups in total. The van der Waals surface area contributed by atoms with Crippen LogP contribution in [0.2, 0.25) is 0 Å². The van der Waals surface area contributed by atoms with Gasteiger partial charge in [0.15, 0.2) is 0 Å². The zero-order valence-electron chi connectivity index (χ0n) is 8.80. The highest BCUT2D eigenvalue weighted by Gasteiger charge is 2.21. The van der Waals surface area contributed by atoms with Crippen molar-refractivity contribution in [1.29, 1.82) is 0 Å². The highest BCUT2D eigenvalue weighted by Crippen LogP contribution is 2.24. The lowest BCUT2D eigenvalue weighted by atomic mass is 10.3. The van der Waals surface area contributed by atoms with Crippen LogP contribution < -0.4 is 5.73 Å². The van der Waals surface area contributed by atoms with Crippen LogP contribution in [0.15, 0.2) is 58.3 Å². The number of halogens is 1. The minimum absolute atomic E-state index is 0.0115. The van der Waals surface area contributed by atoms with E-state index in [1.54, 1.807) is 6.07 Å². The molecule has 0 unspecified atom stereocenters. The van der Waals surface area contributed by atoms with Crippen LogP contribution in [0.3, 0.4) is 0 Å². The number of nitrogen functional groups attached to an aromatic ring is 1. The van der Waals surface area contributed by atoms with Gasteiger partial charge in [-0.3, -0.25) is 0 Å². The molecule has 0 aliphatic heterocycles. The van der Waals surface area contributed by atoms with Crippen molar-refractivity contribution in [3.8, 4) is 0 Å². The summed E-state index contributed by atoms with van der Waals surface area (Å²) in [5.41, 5.74) is 5.83. The molecule has 5 heteroatoms. The van der Waals surface area contributed by atoms with Gasteiger partial charge in [0, 0.05) is 5.69 Å². The van der Waals surface area contributed by atoms with Gasteiger partial charge in [-0.15, -0.1) is 0 Å². The number of hydrogen-bond acceptors (Lipinski definition) is 3. The van der Waals surface area contributed by atoms with Crippen molar-refractivity contribution in [1.82, 2.24) is 0 Å². The lowest BCUT2D eigenvalue weighted by molar-refractivity contribution is 0.567. The maximum atomic E-state index is 13.5. The van der Waals surface area contributed by atoms with Crippen molar-refractivity contribution in [2.45, 2.75) is 9.79 Å². The fourth-order valence-electron chi connectivity index (χ4n) is 1.47.